The number of amides is 2. The van der Waals surface area contributed by atoms with E-state index in [2.05, 4.69) is 10.3 Å². The molecule has 26 heavy (non-hydrogen) atoms. The third-order valence-corrected chi connectivity index (χ3v) is 4.74. The Hall–Kier alpha value is -2.92. The second-order valence-corrected chi connectivity index (χ2v) is 6.70. The number of benzene rings is 2. The Kier molecular flexibility index (Phi) is 4.31. The van der Waals surface area contributed by atoms with Crippen LogP contribution in [0.4, 0.5) is 11.5 Å². The molecular weight excluding hydrogens is 350 g/mol. The number of fused-ring (bicyclic) bond motifs is 1. The molecule has 1 N–H and O–H groups in total. The fourth-order valence-electron chi connectivity index (χ4n) is 3.12. The summed E-state index contributed by atoms with van der Waals surface area (Å²) in [4.78, 5) is 30.9. The van der Waals surface area contributed by atoms with Gasteiger partial charge in [0, 0.05) is 29.1 Å². The number of halogens is 1. The van der Waals surface area contributed by atoms with Crippen LogP contribution in [0.1, 0.15) is 6.42 Å². The van der Waals surface area contributed by atoms with Gasteiger partial charge in [0.05, 0.1) is 11.4 Å². The Balaban J connectivity index is 1.48. The molecule has 4 rings (SSSR count). The first-order valence-electron chi connectivity index (χ1n) is 8.33. The number of hydrogen-bond donors (Lipinski definition) is 1. The zero-order chi connectivity index (χ0) is 18.1. The molecule has 2 aromatic carbocycles. The summed E-state index contributed by atoms with van der Waals surface area (Å²) in [7, 11) is 0. The van der Waals surface area contributed by atoms with E-state index in [0.717, 1.165) is 16.6 Å². The second-order valence-electron chi connectivity index (χ2n) is 6.26. The summed E-state index contributed by atoms with van der Waals surface area (Å²) in [6, 6.07) is 18.4. The van der Waals surface area contributed by atoms with Gasteiger partial charge in [0.15, 0.2) is 0 Å². The molecule has 130 valence electrons. The molecule has 1 fully saturated rings. The monoisotopic (exact) mass is 365 g/mol. The van der Waals surface area contributed by atoms with E-state index in [1.807, 2.05) is 30.3 Å². The van der Waals surface area contributed by atoms with Gasteiger partial charge in [-0.15, -0.1) is 0 Å². The molecule has 0 aliphatic carbocycles. The summed E-state index contributed by atoms with van der Waals surface area (Å²) in [5, 5.41) is 4.45. The molecule has 0 spiro atoms. The van der Waals surface area contributed by atoms with Gasteiger partial charge in [-0.25, -0.2) is 4.98 Å². The normalized spacial score (nSPS) is 16.9. The van der Waals surface area contributed by atoms with Crippen LogP contribution in [-0.4, -0.2) is 23.3 Å². The molecule has 2 heterocycles. The first kappa shape index (κ1) is 16.5. The molecule has 3 aromatic rings. The SMILES string of the molecule is O=C(Nc1ccc2ccccc2n1)C1CC(=O)N(c2ccc(Cl)cc2)C1. The molecule has 1 unspecified atom stereocenters. The van der Waals surface area contributed by atoms with Crippen LogP contribution in [0.25, 0.3) is 10.9 Å². The van der Waals surface area contributed by atoms with Crippen molar-refractivity contribution in [2.45, 2.75) is 6.42 Å². The fourth-order valence-corrected chi connectivity index (χ4v) is 3.24. The highest BCUT2D eigenvalue weighted by atomic mass is 35.5. The zero-order valence-corrected chi connectivity index (χ0v) is 14.6. The number of hydrogen-bond acceptors (Lipinski definition) is 3. The molecule has 2 amide bonds. The van der Waals surface area contributed by atoms with Gasteiger partial charge in [0.25, 0.3) is 0 Å². The van der Waals surface area contributed by atoms with E-state index in [-0.39, 0.29) is 18.2 Å². The van der Waals surface area contributed by atoms with Crippen molar-refractivity contribution >= 4 is 45.8 Å². The molecule has 0 radical (unpaired) electrons. The van der Waals surface area contributed by atoms with Crippen LogP contribution in [0, 0.1) is 5.92 Å². The Labute approximate surface area is 155 Å². The lowest BCUT2D eigenvalue weighted by atomic mass is 10.1. The molecular formula is C20H16ClN3O2. The number of carbonyl (C=O) groups excluding carboxylic acids is 2. The van der Waals surface area contributed by atoms with Crippen molar-refractivity contribution in [1.82, 2.24) is 4.98 Å². The molecule has 1 atom stereocenters. The van der Waals surface area contributed by atoms with Crippen LogP contribution < -0.4 is 10.2 Å². The van der Waals surface area contributed by atoms with E-state index in [1.54, 1.807) is 35.2 Å². The lowest BCUT2D eigenvalue weighted by Gasteiger charge is -2.16. The standard InChI is InChI=1S/C20H16ClN3O2/c21-15-6-8-16(9-7-15)24-12-14(11-19(24)25)20(26)23-18-10-5-13-3-1-2-4-17(13)22-18/h1-10,14H,11-12H2,(H,22,23,26). The van der Waals surface area contributed by atoms with E-state index >= 15 is 0 Å². The van der Waals surface area contributed by atoms with Crippen molar-refractivity contribution in [1.29, 1.82) is 0 Å². The molecule has 1 aromatic heterocycles. The topological polar surface area (TPSA) is 62.3 Å². The van der Waals surface area contributed by atoms with Gasteiger partial charge < -0.3 is 10.2 Å². The Morgan fingerprint density at radius 2 is 1.85 bits per heavy atom. The highest BCUT2D eigenvalue weighted by Crippen LogP contribution is 2.27. The van der Waals surface area contributed by atoms with E-state index < -0.39 is 5.92 Å². The lowest BCUT2D eigenvalue weighted by molar-refractivity contribution is -0.122. The zero-order valence-electron chi connectivity index (χ0n) is 13.9. The Bertz CT molecular complexity index is 988. The third-order valence-electron chi connectivity index (χ3n) is 4.48. The molecule has 0 saturated carbocycles. The maximum atomic E-state index is 12.6. The van der Waals surface area contributed by atoms with Crippen LogP contribution in [0.15, 0.2) is 60.7 Å². The smallest absolute Gasteiger partial charge is 0.230 e. The number of rotatable bonds is 3. The first-order chi connectivity index (χ1) is 12.6. The maximum Gasteiger partial charge on any atom is 0.230 e. The molecule has 1 aliphatic heterocycles. The Morgan fingerprint density at radius 1 is 1.08 bits per heavy atom. The van der Waals surface area contributed by atoms with E-state index in [1.165, 1.54) is 0 Å². The quantitative estimate of drug-likeness (QED) is 0.766. The molecule has 1 saturated heterocycles. The van der Waals surface area contributed by atoms with Gasteiger partial charge in [-0.2, -0.15) is 0 Å². The van der Waals surface area contributed by atoms with Gasteiger partial charge in [0.1, 0.15) is 5.82 Å². The van der Waals surface area contributed by atoms with Crippen molar-refractivity contribution in [2.75, 3.05) is 16.8 Å². The average Bonchev–Trinajstić information content (AvgIpc) is 3.04. The number of carbonyl (C=O) groups is 2. The van der Waals surface area contributed by atoms with Crippen molar-refractivity contribution in [3.63, 3.8) is 0 Å². The van der Waals surface area contributed by atoms with Gasteiger partial charge in [-0.1, -0.05) is 29.8 Å². The first-order valence-corrected chi connectivity index (χ1v) is 8.70. The molecule has 5 nitrogen and oxygen atoms in total. The molecule has 1 aliphatic rings. The lowest BCUT2D eigenvalue weighted by Crippen LogP contribution is -2.28. The minimum absolute atomic E-state index is 0.0704. The number of anilines is 2. The van der Waals surface area contributed by atoms with Crippen molar-refractivity contribution in [3.8, 4) is 0 Å². The van der Waals surface area contributed by atoms with Crippen molar-refractivity contribution in [2.24, 2.45) is 5.92 Å². The van der Waals surface area contributed by atoms with Crippen LogP contribution in [-0.2, 0) is 9.59 Å². The van der Waals surface area contributed by atoms with Gasteiger partial charge in [-0.3, -0.25) is 9.59 Å². The van der Waals surface area contributed by atoms with Crippen LogP contribution in [0.3, 0.4) is 0 Å². The summed E-state index contributed by atoms with van der Waals surface area (Å²) in [6.45, 7) is 0.347. The van der Waals surface area contributed by atoms with Gasteiger partial charge in [0.2, 0.25) is 11.8 Å². The second kappa shape index (κ2) is 6.77. The molecule has 0 bridgehead atoms. The summed E-state index contributed by atoms with van der Waals surface area (Å²) in [5.41, 5.74) is 1.56. The minimum atomic E-state index is -0.411. The Morgan fingerprint density at radius 3 is 2.65 bits per heavy atom. The summed E-state index contributed by atoms with van der Waals surface area (Å²) in [6.07, 6.45) is 0.183. The number of para-hydroxylation sites is 1. The molecule has 6 heteroatoms. The van der Waals surface area contributed by atoms with E-state index in [9.17, 15) is 9.59 Å². The van der Waals surface area contributed by atoms with E-state index in [0.29, 0.717) is 17.4 Å². The van der Waals surface area contributed by atoms with Crippen LogP contribution in [0.5, 0.6) is 0 Å². The number of pyridine rings is 1. The fraction of sp³-hybridized carbons (Fsp3) is 0.150. The largest absolute Gasteiger partial charge is 0.312 e. The third kappa shape index (κ3) is 3.26. The van der Waals surface area contributed by atoms with Gasteiger partial charge in [-0.05, 0) is 42.5 Å². The summed E-state index contributed by atoms with van der Waals surface area (Å²) < 4.78 is 0. The number of aromatic nitrogens is 1. The highest BCUT2D eigenvalue weighted by Gasteiger charge is 2.35. The summed E-state index contributed by atoms with van der Waals surface area (Å²) >= 11 is 5.89. The highest BCUT2D eigenvalue weighted by molar-refractivity contribution is 6.30. The summed E-state index contributed by atoms with van der Waals surface area (Å²) in [5.74, 6) is -0.186. The predicted molar refractivity (Wildman–Crippen MR) is 102 cm³/mol. The number of nitrogens with one attached hydrogen (secondary N) is 1. The minimum Gasteiger partial charge on any atom is -0.312 e. The van der Waals surface area contributed by atoms with Gasteiger partial charge >= 0.3 is 0 Å². The van der Waals surface area contributed by atoms with Crippen molar-refractivity contribution < 1.29 is 9.59 Å². The average molecular weight is 366 g/mol. The van der Waals surface area contributed by atoms with E-state index in [4.69, 9.17) is 11.6 Å². The number of nitrogens with zero attached hydrogens (tertiary/aromatic N) is 2. The van der Waals surface area contributed by atoms with Crippen LogP contribution >= 0.6 is 11.6 Å². The predicted octanol–water partition coefficient (Wildman–Crippen LogP) is 3.88. The van der Waals surface area contributed by atoms with Crippen LogP contribution in [0.2, 0.25) is 5.02 Å². The van der Waals surface area contributed by atoms with Crippen molar-refractivity contribution in [3.05, 3.63) is 65.7 Å². The maximum absolute atomic E-state index is 12.6.